The minimum Gasteiger partial charge on any atom is -0.481 e. The summed E-state index contributed by atoms with van der Waals surface area (Å²) in [6, 6.07) is 3.15. The molecule has 1 unspecified atom stereocenters. The number of carboxylic acid groups (broad SMARTS) is 1. The molecule has 0 radical (unpaired) electrons. The van der Waals surface area contributed by atoms with E-state index in [-0.39, 0.29) is 21.4 Å². The summed E-state index contributed by atoms with van der Waals surface area (Å²) in [5.74, 6) is -1.09. The van der Waals surface area contributed by atoms with E-state index in [4.69, 9.17) is 28.3 Å². The van der Waals surface area contributed by atoms with E-state index < -0.39 is 22.0 Å². The first-order valence-corrected chi connectivity index (χ1v) is 7.15. The van der Waals surface area contributed by atoms with Gasteiger partial charge in [0.2, 0.25) is 10.0 Å². The van der Waals surface area contributed by atoms with Crippen LogP contribution in [0.1, 0.15) is 13.3 Å². The van der Waals surface area contributed by atoms with Crippen molar-refractivity contribution in [2.75, 3.05) is 0 Å². The van der Waals surface area contributed by atoms with E-state index in [2.05, 4.69) is 4.72 Å². The van der Waals surface area contributed by atoms with Crippen molar-refractivity contribution in [3.63, 3.8) is 0 Å². The number of benzene rings is 1. The molecule has 1 atom stereocenters. The van der Waals surface area contributed by atoms with Gasteiger partial charge in [0.05, 0.1) is 11.3 Å². The summed E-state index contributed by atoms with van der Waals surface area (Å²) in [6.07, 6.45) is -0.312. The van der Waals surface area contributed by atoms with Crippen LogP contribution in [0.5, 0.6) is 0 Å². The molecule has 0 aliphatic heterocycles. The molecule has 0 amide bonds. The molecule has 0 aliphatic rings. The maximum Gasteiger partial charge on any atom is 0.304 e. The molecule has 0 aromatic heterocycles. The van der Waals surface area contributed by atoms with Gasteiger partial charge in [-0.05, 0) is 25.1 Å². The zero-order chi connectivity index (χ0) is 13.9. The third-order valence-corrected chi connectivity index (χ3v) is 3.99. The second-order valence-electron chi connectivity index (χ2n) is 3.73. The van der Waals surface area contributed by atoms with Crippen LogP contribution in [-0.2, 0) is 14.8 Å². The largest absolute Gasteiger partial charge is 0.481 e. The Kier molecular flexibility index (Phi) is 4.98. The summed E-state index contributed by atoms with van der Waals surface area (Å²) < 4.78 is 26.0. The van der Waals surface area contributed by atoms with E-state index in [9.17, 15) is 13.2 Å². The van der Waals surface area contributed by atoms with Gasteiger partial charge in [-0.2, -0.15) is 0 Å². The van der Waals surface area contributed by atoms with Crippen molar-refractivity contribution < 1.29 is 18.3 Å². The molecule has 0 aliphatic carbocycles. The molecule has 5 nitrogen and oxygen atoms in total. The monoisotopic (exact) mass is 311 g/mol. The van der Waals surface area contributed by atoms with Crippen LogP contribution in [0.4, 0.5) is 0 Å². The molecule has 0 saturated carbocycles. The third-order valence-electron chi connectivity index (χ3n) is 1.98. The van der Waals surface area contributed by atoms with E-state index >= 15 is 0 Å². The van der Waals surface area contributed by atoms with Crippen LogP contribution in [0.15, 0.2) is 23.1 Å². The lowest BCUT2D eigenvalue weighted by atomic mass is 10.3. The molecule has 0 saturated heterocycles. The minimum absolute atomic E-state index is 0.0998. The average molecular weight is 312 g/mol. The fourth-order valence-electron chi connectivity index (χ4n) is 1.32. The predicted molar refractivity (Wildman–Crippen MR) is 68.5 cm³/mol. The summed E-state index contributed by atoms with van der Waals surface area (Å²) in [6.45, 7) is 1.46. The lowest BCUT2D eigenvalue weighted by molar-refractivity contribution is -0.137. The highest BCUT2D eigenvalue weighted by Gasteiger charge is 2.19. The quantitative estimate of drug-likeness (QED) is 0.872. The maximum absolute atomic E-state index is 11.9. The molecular formula is C10H11Cl2NO4S. The molecule has 0 spiro atoms. The Morgan fingerprint density at radius 1 is 1.33 bits per heavy atom. The highest BCUT2D eigenvalue weighted by molar-refractivity contribution is 7.89. The van der Waals surface area contributed by atoms with Crippen LogP contribution in [0.2, 0.25) is 10.0 Å². The van der Waals surface area contributed by atoms with Crippen LogP contribution >= 0.6 is 23.2 Å². The van der Waals surface area contributed by atoms with Gasteiger partial charge in [-0.25, -0.2) is 13.1 Å². The van der Waals surface area contributed by atoms with Crippen molar-refractivity contribution in [1.29, 1.82) is 0 Å². The van der Waals surface area contributed by atoms with Gasteiger partial charge >= 0.3 is 5.97 Å². The number of rotatable bonds is 5. The predicted octanol–water partition coefficient (Wildman–Crippen LogP) is 2.13. The molecule has 100 valence electrons. The first kappa shape index (κ1) is 15.2. The minimum atomic E-state index is -3.83. The first-order valence-electron chi connectivity index (χ1n) is 4.91. The van der Waals surface area contributed by atoms with Crippen LogP contribution in [-0.4, -0.2) is 25.5 Å². The lowest BCUT2D eigenvalue weighted by Crippen LogP contribution is -2.34. The zero-order valence-electron chi connectivity index (χ0n) is 9.35. The smallest absolute Gasteiger partial charge is 0.304 e. The Morgan fingerprint density at radius 3 is 2.28 bits per heavy atom. The van der Waals surface area contributed by atoms with E-state index in [1.807, 2.05) is 0 Å². The van der Waals surface area contributed by atoms with Crippen LogP contribution in [0.25, 0.3) is 0 Å². The number of aliphatic carboxylic acids is 1. The Hall–Kier alpha value is -0.820. The topological polar surface area (TPSA) is 83.5 Å². The molecule has 1 aromatic rings. The van der Waals surface area contributed by atoms with Gasteiger partial charge in [-0.3, -0.25) is 4.79 Å². The van der Waals surface area contributed by atoms with E-state index in [1.165, 1.54) is 25.1 Å². The zero-order valence-corrected chi connectivity index (χ0v) is 11.7. The van der Waals surface area contributed by atoms with Crippen LogP contribution in [0, 0.1) is 0 Å². The number of nitrogens with one attached hydrogen (secondary N) is 1. The number of carboxylic acids is 1. The number of halogens is 2. The number of hydrogen-bond donors (Lipinski definition) is 2. The third kappa shape index (κ3) is 4.45. The van der Waals surface area contributed by atoms with Gasteiger partial charge in [0, 0.05) is 16.1 Å². The van der Waals surface area contributed by atoms with E-state index in [0.29, 0.717) is 0 Å². The normalized spacial score (nSPS) is 13.3. The summed E-state index contributed by atoms with van der Waals surface area (Å²) in [5, 5.41) is 8.94. The highest BCUT2D eigenvalue weighted by Crippen LogP contribution is 2.22. The van der Waals surface area contributed by atoms with Gasteiger partial charge in [0.1, 0.15) is 0 Å². The molecule has 0 bridgehead atoms. The molecule has 8 heteroatoms. The fourth-order valence-corrected chi connectivity index (χ4v) is 3.29. The van der Waals surface area contributed by atoms with Crippen molar-refractivity contribution in [1.82, 2.24) is 4.72 Å². The molecule has 0 fully saturated rings. The summed E-state index contributed by atoms with van der Waals surface area (Å²) >= 11 is 11.4. The SMILES string of the molecule is CC(CC(=O)O)NS(=O)(=O)c1cc(Cl)cc(Cl)c1. The fraction of sp³-hybridized carbons (Fsp3) is 0.300. The van der Waals surface area contributed by atoms with Gasteiger partial charge < -0.3 is 5.11 Å². The number of hydrogen-bond acceptors (Lipinski definition) is 3. The van der Waals surface area contributed by atoms with Crippen LogP contribution < -0.4 is 4.72 Å². The summed E-state index contributed by atoms with van der Waals surface area (Å²) in [4.78, 5) is 10.4. The Labute approximate surface area is 115 Å². The summed E-state index contributed by atoms with van der Waals surface area (Å²) in [5.41, 5.74) is 0. The Balaban J connectivity index is 2.96. The van der Waals surface area contributed by atoms with Crippen molar-refractivity contribution in [3.8, 4) is 0 Å². The maximum atomic E-state index is 11.9. The van der Waals surface area contributed by atoms with Gasteiger partial charge in [-0.15, -0.1) is 0 Å². The van der Waals surface area contributed by atoms with Crippen molar-refractivity contribution in [2.45, 2.75) is 24.3 Å². The first-order chi connectivity index (χ1) is 8.20. The van der Waals surface area contributed by atoms with Gasteiger partial charge in [0.25, 0.3) is 0 Å². The van der Waals surface area contributed by atoms with Crippen LogP contribution in [0.3, 0.4) is 0 Å². The average Bonchev–Trinajstić information content (AvgIpc) is 2.13. The standard InChI is InChI=1S/C10H11Cl2NO4S/c1-6(2-10(14)15)13-18(16,17)9-4-7(11)3-8(12)5-9/h3-6,13H,2H2,1H3,(H,14,15). The number of sulfonamides is 1. The molecule has 2 N–H and O–H groups in total. The highest BCUT2D eigenvalue weighted by atomic mass is 35.5. The van der Waals surface area contributed by atoms with Crippen molar-refractivity contribution in [3.05, 3.63) is 28.2 Å². The van der Waals surface area contributed by atoms with Gasteiger partial charge in [-0.1, -0.05) is 23.2 Å². The molecule has 18 heavy (non-hydrogen) atoms. The molecule has 1 aromatic carbocycles. The molecular weight excluding hydrogens is 301 g/mol. The lowest BCUT2D eigenvalue weighted by Gasteiger charge is -2.12. The molecule has 0 heterocycles. The van der Waals surface area contributed by atoms with E-state index in [0.717, 1.165) is 0 Å². The summed E-state index contributed by atoms with van der Waals surface area (Å²) in [7, 11) is -3.83. The number of carbonyl (C=O) groups is 1. The van der Waals surface area contributed by atoms with Gasteiger partial charge in [0.15, 0.2) is 0 Å². The second-order valence-corrected chi connectivity index (χ2v) is 6.31. The van der Waals surface area contributed by atoms with Crippen molar-refractivity contribution >= 4 is 39.2 Å². The second kappa shape index (κ2) is 5.88. The Morgan fingerprint density at radius 2 is 1.83 bits per heavy atom. The Bertz CT molecular complexity index is 539. The molecule has 1 rings (SSSR count). The van der Waals surface area contributed by atoms with Crippen molar-refractivity contribution in [2.24, 2.45) is 0 Å². The van der Waals surface area contributed by atoms with E-state index in [1.54, 1.807) is 0 Å².